The van der Waals surface area contributed by atoms with Crippen molar-refractivity contribution in [2.45, 2.75) is 0 Å². The number of rotatable bonds is 1. The van der Waals surface area contributed by atoms with Gasteiger partial charge in [-0.05, 0) is 0 Å². The van der Waals surface area contributed by atoms with Crippen LogP contribution in [0.25, 0.3) is 5.65 Å². The summed E-state index contributed by atoms with van der Waals surface area (Å²) in [5.74, 6) is -1.69. The van der Waals surface area contributed by atoms with Crippen molar-refractivity contribution >= 4 is 11.6 Å². The number of aromatic nitrogens is 3. The van der Waals surface area contributed by atoms with E-state index in [0.29, 0.717) is 0 Å². The number of aromatic carboxylic acids is 1. The Morgan fingerprint density at radius 3 is 3.00 bits per heavy atom. The predicted molar refractivity (Wildman–Crippen MR) is 39.9 cm³/mol. The van der Waals surface area contributed by atoms with E-state index in [-0.39, 0.29) is 11.2 Å². The second kappa shape index (κ2) is 2.51. The second-order valence-corrected chi connectivity index (χ2v) is 2.41. The molecule has 0 saturated carbocycles. The third-order valence-electron chi connectivity index (χ3n) is 1.56. The van der Waals surface area contributed by atoms with E-state index < -0.39 is 11.8 Å². The van der Waals surface area contributed by atoms with Gasteiger partial charge in [-0.1, -0.05) is 0 Å². The van der Waals surface area contributed by atoms with Crippen LogP contribution in [-0.2, 0) is 0 Å². The van der Waals surface area contributed by atoms with E-state index in [1.807, 2.05) is 0 Å². The van der Waals surface area contributed by atoms with Gasteiger partial charge in [0.2, 0.25) is 0 Å². The Hall–Kier alpha value is -1.98. The molecule has 0 aliphatic rings. The van der Waals surface area contributed by atoms with Gasteiger partial charge in [0.25, 0.3) is 0 Å². The molecule has 0 aliphatic heterocycles. The summed E-state index contributed by atoms with van der Waals surface area (Å²) in [6.45, 7) is 0. The van der Waals surface area contributed by atoms with Gasteiger partial charge in [-0.15, -0.1) is 0 Å². The molecule has 0 saturated heterocycles. The first-order valence-electron chi connectivity index (χ1n) is 3.40. The van der Waals surface area contributed by atoms with Crippen LogP contribution in [0.5, 0.6) is 0 Å². The number of hydrogen-bond acceptors (Lipinski definition) is 3. The molecule has 0 atom stereocenters. The van der Waals surface area contributed by atoms with Crippen molar-refractivity contribution in [2.75, 3.05) is 0 Å². The summed E-state index contributed by atoms with van der Waals surface area (Å²) in [6, 6.07) is 0. The molecule has 2 heterocycles. The van der Waals surface area contributed by atoms with Crippen LogP contribution in [0.1, 0.15) is 10.4 Å². The molecule has 66 valence electrons. The lowest BCUT2D eigenvalue weighted by Gasteiger charge is -1.94. The highest BCUT2D eigenvalue weighted by molar-refractivity contribution is 5.87. The molecule has 0 aliphatic carbocycles. The minimum Gasteiger partial charge on any atom is -0.478 e. The summed E-state index contributed by atoms with van der Waals surface area (Å²) in [7, 11) is 0. The zero-order valence-corrected chi connectivity index (χ0v) is 6.31. The monoisotopic (exact) mass is 181 g/mol. The summed E-state index contributed by atoms with van der Waals surface area (Å²) >= 11 is 0. The Morgan fingerprint density at radius 1 is 1.54 bits per heavy atom. The van der Waals surface area contributed by atoms with Crippen molar-refractivity contribution in [3.63, 3.8) is 0 Å². The molecule has 6 heteroatoms. The van der Waals surface area contributed by atoms with Crippen molar-refractivity contribution in [3.05, 3.63) is 30.0 Å². The predicted octanol–water partition coefficient (Wildman–Crippen LogP) is 0.567. The van der Waals surface area contributed by atoms with E-state index in [1.54, 1.807) is 0 Å². The topological polar surface area (TPSA) is 67.5 Å². The number of fused-ring (bicyclic) bond motifs is 1. The van der Waals surface area contributed by atoms with Crippen LogP contribution in [0.4, 0.5) is 4.39 Å². The summed E-state index contributed by atoms with van der Waals surface area (Å²) in [4.78, 5) is 14.1. The maximum absolute atomic E-state index is 12.8. The summed E-state index contributed by atoms with van der Waals surface area (Å²) in [5.41, 5.74) is -0.0133. The smallest absolute Gasteiger partial charge is 0.338 e. The van der Waals surface area contributed by atoms with Crippen LogP contribution in [-0.4, -0.2) is 25.7 Å². The molecule has 2 rings (SSSR count). The van der Waals surface area contributed by atoms with Crippen molar-refractivity contribution in [1.29, 1.82) is 0 Å². The number of hydrogen-bond donors (Lipinski definition) is 1. The maximum atomic E-state index is 12.8. The molecule has 0 unspecified atom stereocenters. The summed E-state index contributed by atoms with van der Waals surface area (Å²) in [5, 5.41) is 12.2. The standard InChI is InChI=1S/C7H4FN3O2/c8-5-2-10-11-3-4(7(12)13)1-9-6(5)11/h1-3H,(H,12,13). The number of carboxylic acid groups (broad SMARTS) is 1. The average Bonchev–Trinajstić information content (AvgIpc) is 2.47. The van der Waals surface area contributed by atoms with Gasteiger partial charge in [-0.25, -0.2) is 18.7 Å². The molecule has 13 heavy (non-hydrogen) atoms. The van der Waals surface area contributed by atoms with Crippen molar-refractivity contribution < 1.29 is 14.3 Å². The Morgan fingerprint density at radius 2 is 2.31 bits per heavy atom. The molecular formula is C7H4FN3O2. The van der Waals surface area contributed by atoms with Crippen LogP contribution in [0, 0.1) is 5.82 Å². The van der Waals surface area contributed by atoms with Crippen molar-refractivity contribution in [1.82, 2.24) is 14.6 Å². The number of carbonyl (C=O) groups is 1. The van der Waals surface area contributed by atoms with E-state index in [2.05, 4.69) is 10.1 Å². The van der Waals surface area contributed by atoms with Crippen LogP contribution in [0.3, 0.4) is 0 Å². The highest BCUT2D eigenvalue weighted by atomic mass is 19.1. The molecular weight excluding hydrogens is 177 g/mol. The quantitative estimate of drug-likeness (QED) is 0.698. The van der Waals surface area contributed by atoms with E-state index >= 15 is 0 Å². The minimum absolute atomic E-state index is 0.0185. The number of nitrogens with zero attached hydrogens (tertiary/aromatic N) is 3. The molecule has 0 aromatic carbocycles. The Labute approximate surface area is 71.4 Å². The first-order chi connectivity index (χ1) is 6.18. The zero-order chi connectivity index (χ0) is 9.42. The van der Waals surface area contributed by atoms with Crippen LogP contribution in [0.2, 0.25) is 0 Å². The van der Waals surface area contributed by atoms with Crippen LogP contribution in [0.15, 0.2) is 18.6 Å². The lowest BCUT2D eigenvalue weighted by molar-refractivity contribution is 0.0695. The molecule has 0 bridgehead atoms. The summed E-state index contributed by atoms with van der Waals surface area (Å²) < 4.78 is 13.9. The van der Waals surface area contributed by atoms with E-state index in [0.717, 1.165) is 16.9 Å². The third kappa shape index (κ3) is 1.12. The molecule has 0 fully saturated rings. The van der Waals surface area contributed by atoms with Gasteiger partial charge in [-0.3, -0.25) is 0 Å². The third-order valence-corrected chi connectivity index (χ3v) is 1.56. The normalized spacial score (nSPS) is 10.5. The highest BCUT2D eigenvalue weighted by Gasteiger charge is 2.08. The van der Waals surface area contributed by atoms with E-state index in [9.17, 15) is 9.18 Å². The van der Waals surface area contributed by atoms with Gasteiger partial charge in [-0.2, -0.15) is 5.10 Å². The molecule has 1 N–H and O–H groups in total. The van der Waals surface area contributed by atoms with Gasteiger partial charge in [0.15, 0.2) is 11.5 Å². The molecule has 5 nitrogen and oxygen atoms in total. The fourth-order valence-corrected chi connectivity index (χ4v) is 0.956. The van der Waals surface area contributed by atoms with Gasteiger partial charge >= 0.3 is 5.97 Å². The molecule has 0 spiro atoms. The van der Waals surface area contributed by atoms with Gasteiger partial charge in [0, 0.05) is 12.4 Å². The average molecular weight is 181 g/mol. The van der Waals surface area contributed by atoms with Gasteiger partial charge in [0.05, 0.1) is 11.8 Å². The fourth-order valence-electron chi connectivity index (χ4n) is 0.956. The minimum atomic E-state index is -1.12. The molecule has 2 aromatic rings. The molecule has 0 amide bonds. The largest absolute Gasteiger partial charge is 0.478 e. The van der Waals surface area contributed by atoms with E-state index in [4.69, 9.17) is 5.11 Å². The highest BCUT2D eigenvalue weighted by Crippen LogP contribution is 2.06. The van der Waals surface area contributed by atoms with E-state index in [1.165, 1.54) is 6.20 Å². The second-order valence-electron chi connectivity index (χ2n) is 2.41. The van der Waals surface area contributed by atoms with Crippen molar-refractivity contribution in [2.24, 2.45) is 0 Å². The van der Waals surface area contributed by atoms with Crippen LogP contribution >= 0.6 is 0 Å². The van der Waals surface area contributed by atoms with Crippen LogP contribution < -0.4 is 0 Å². The Bertz CT molecular complexity index is 480. The fraction of sp³-hybridized carbons (Fsp3) is 0. The van der Waals surface area contributed by atoms with Crippen molar-refractivity contribution in [3.8, 4) is 0 Å². The Kier molecular flexibility index (Phi) is 1.48. The van der Waals surface area contributed by atoms with Gasteiger partial charge in [0.1, 0.15) is 0 Å². The number of halogens is 1. The summed E-state index contributed by atoms with van der Waals surface area (Å²) in [6.07, 6.45) is 3.27. The van der Waals surface area contributed by atoms with Gasteiger partial charge < -0.3 is 5.11 Å². The molecule has 2 aromatic heterocycles. The SMILES string of the molecule is O=C(O)c1cnc2c(F)cnn2c1. The zero-order valence-electron chi connectivity index (χ0n) is 6.31. The number of carboxylic acids is 1. The maximum Gasteiger partial charge on any atom is 0.338 e. The first-order valence-corrected chi connectivity index (χ1v) is 3.40. The lowest BCUT2D eigenvalue weighted by atomic mass is 10.3. The Balaban J connectivity index is 2.70. The molecule has 0 radical (unpaired) electrons. The first kappa shape index (κ1) is 7.66. The lowest BCUT2D eigenvalue weighted by Crippen LogP contribution is -2.01.